The van der Waals surface area contributed by atoms with Crippen molar-refractivity contribution in [1.29, 1.82) is 0 Å². The average molecular weight is 288 g/mol. The standard InChI is InChI=1S/C16H20N2O3/c1-11-4-5-14-12(9-11)3-2-7-18(14)16(21)17-8-6-13(10-17)15(19)20/h4-5,9,13H,2-3,6-8,10H2,1H3,(H,19,20). The molecule has 21 heavy (non-hydrogen) atoms. The van der Waals surface area contributed by atoms with E-state index in [0.29, 0.717) is 26.1 Å². The van der Waals surface area contributed by atoms with Gasteiger partial charge in [-0.2, -0.15) is 0 Å². The second-order valence-electron chi connectivity index (χ2n) is 5.94. The quantitative estimate of drug-likeness (QED) is 0.862. The lowest BCUT2D eigenvalue weighted by Crippen LogP contribution is -2.44. The predicted molar refractivity (Wildman–Crippen MR) is 79.6 cm³/mol. The van der Waals surface area contributed by atoms with Crippen LogP contribution in [0.5, 0.6) is 0 Å². The zero-order valence-corrected chi connectivity index (χ0v) is 12.2. The maximum absolute atomic E-state index is 12.7. The Morgan fingerprint density at radius 1 is 1.29 bits per heavy atom. The molecule has 0 aliphatic carbocycles. The van der Waals surface area contributed by atoms with Crippen molar-refractivity contribution in [2.45, 2.75) is 26.2 Å². The van der Waals surface area contributed by atoms with Gasteiger partial charge in [0.15, 0.2) is 0 Å². The summed E-state index contributed by atoms with van der Waals surface area (Å²) < 4.78 is 0. The van der Waals surface area contributed by atoms with Crippen molar-refractivity contribution in [1.82, 2.24) is 4.90 Å². The highest BCUT2D eigenvalue weighted by atomic mass is 16.4. The van der Waals surface area contributed by atoms with Crippen LogP contribution in [0.3, 0.4) is 0 Å². The van der Waals surface area contributed by atoms with E-state index >= 15 is 0 Å². The fourth-order valence-corrected chi connectivity index (χ4v) is 3.23. The highest BCUT2D eigenvalue weighted by Gasteiger charge is 2.34. The van der Waals surface area contributed by atoms with Crippen LogP contribution in [-0.2, 0) is 11.2 Å². The topological polar surface area (TPSA) is 60.9 Å². The molecule has 2 aliphatic rings. The number of urea groups is 1. The Bertz CT molecular complexity index is 585. The number of carboxylic acid groups (broad SMARTS) is 1. The van der Waals surface area contributed by atoms with Gasteiger partial charge < -0.3 is 10.0 Å². The molecule has 2 aliphatic heterocycles. The molecule has 2 amide bonds. The number of anilines is 1. The van der Waals surface area contributed by atoms with Crippen molar-refractivity contribution in [3.05, 3.63) is 29.3 Å². The number of nitrogens with zero attached hydrogens (tertiary/aromatic N) is 2. The molecule has 0 aromatic heterocycles. The van der Waals surface area contributed by atoms with Gasteiger partial charge in [0.2, 0.25) is 0 Å². The minimum atomic E-state index is -0.806. The first-order valence-electron chi connectivity index (χ1n) is 7.45. The summed E-state index contributed by atoms with van der Waals surface area (Å²) in [5.41, 5.74) is 3.40. The predicted octanol–water partition coefficient (Wildman–Crippen LogP) is 2.27. The Balaban J connectivity index is 1.79. The largest absolute Gasteiger partial charge is 0.481 e. The summed E-state index contributed by atoms with van der Waals surface area (Å²) >= 11 is 0. The second kappa shape index (κ2) is 5.39. The number of aliphatic carboxylic acids is 1. The summed E-state index contributed by atoms with van der Waals surface area (Å²) in [6.07, 6.45) is 2.51. The Morgan fingerprint density at radius 2 is 2.10 bits per heavy atom. The van der Waals surface area contributed by atoms with E-state index < -0.39 is 11.9 Å². The van der Waals surface area contributed by atoms with Crippen molar-refractivity contribution >= 4 is 17.7 Å². The molecule has 1 saturated heterocycles. The minimum absolute atomic E-state index is 0.0523. The number of hydrogen-bond acceptors (Lipinski definition) is 2. The van der Waals surface area contributed by atoms with Gasteiger partial charge in [-0.1, -0.05) is 17.7 Å². The number of likely N-dealkylation sites (tertiary alicyclic amines) is 1. The Kier molecular flexibility index (Phi) is 3.57. The van der Waals surface area contributed by atoms with Crippen LogP contribution < -0.4 is 4.90 Å². The molecule has 1 aromatic carbocycles. The van der Waals surface area contributed by atoms with Crippen LogP contribution in [0, 0.1) is 12.8 Å². The molecule has 0 bridgehead atoms. The number of fused-ring (bicyclic) bond motifs is 1. The molecule has 0 spiro atoms. The molecule has 3 rings (SSSR count). The summed E-state index contributed by atoms with van der Waals surface area (Å²) in [6.45, 7) is 3.63. The number of hydrogen-bond donors (Lipinski definition) is 1. The van der Waals surface area contributed by atoms with Crippen LogP contribution in [0.1, 0.15) is 24.0 Å². The van der Waals surface area contributed by atoms with Gasteiger partial charge in [-0.25, -0.2) is 4.79 Å². The van der Waals surface area contributed by atoms with Gasteiger partial charge in [0.1, 0.15) is 0 Å². The van der Waals surface area contributed by atoms with Crippen LogP contribution in [0.15, 0.2) is 18.2 Å². The molecule has 1 unspecified atom stereocenters. The molecule has 1 atom stereocenters. The molecular formula is C16H20N2O3. The molecule has 5 heteroatoms. The van der Waals surface area contributed by atoms with Crippen LogP contribution in [0.25, 0.3) is 0 Å². The summed E-state index contributed by atoms with van der Waals surface area (Å²) in [6, 6.07) is 6.11. The maximum Gasteiger partial charge on any atom is 0.324 e. The lowest BCUT2D eigenvalue weighted by molar-refractivity contribution is -0.141. The van der Waals surface area contributed by atoms with Crippen molar-refractivity contribution in [2.24, 2.45) is 5.92 Å². The van der Waals surface area contributed by atoms with Crippen molar-refractivity contribution < 1.29 is 14.7 Å². The Hall–Kier alpha value is -2.04. The zero-order chi connectivity index (χ0) is 15.0. The molecule has 1 aromatic rings. The third-order valence-corrected chi connectivity index (χ3v) is 4.39. The van der Waals surface area contributed by atoms with E-state index in [1.165, 1.54) is 11.1 Å². The maximum atomic E-state index is 12.7. The number of carbonyl (C=O) groups is 2. The van der Waals surface area contributed by atoms with Crippen LogP contribution in [-0.4, -0.2) is 41.6 Å². The average Bonchev–Trinajstić information content (AvgIpc) is 2.95. The normalized spacial score (nSPS) is 21.3. The van der Waals surface area contributed by atoms with E-state index in [4.69, 9.17) is 5.11 Å². The lowest BCUT2D eigenvalue weighted by atomic mass is 10.00. The number of carbonyl (C=O) groups excluding carboxylic acids is 1. The van der Waals surface area contributed by atoms with Gasteiger partial charge in [-0.15, -0.1) is 0 Å². The minimum Gasteiger partial charge on any atom is -0.481 e. The Morgan fingerprint density at radius 3 is 2.81 bits per heavy atom. The fraction of sp³-hybridized carbons (Fsp3) is 0.500. The van der Waals surface area contributed by atoms with Crippen molar-refractivity contribution in [3.8, 4) is 0 Å². The van der Waals surface area contributed by atoms with Crippen molar-refractivity contribution in [3.63, 3.8) is 0 Å². The van der Waals surface area contributed by atoms with E-state index in [-0.39, 0.29) is 6.03 Å². The SMILES string of the molecule is Cc1ccc2c(c1)CCCN2C(=O)N1CCC(C(=O)O)C1. The highest BCUT2D eigenvalue weighted by molar-refractivity contribution is 5.94. The van der Waals surface area contributed by atoms with Gasteiger partial charge in [0.05, 0.1) is 5.92 Å². The van der Waals surface area contributed by atoms with Gasteiger partial charge >= 0.3 is 12.0 Å². The second-order valence-corrected chi connectivity index (χ2v) is 5.94. The Labute approximate surface area is 124 Å². The van der Waals surface area contributed by atoms with Crippen LogP contribution >= 0.6 is 0 Å². The first kappa shape index (κ1) is 13.9. The molecule has 0 saturated carbocycles. The number of carboxylic acids is 1. The summed E-state index contributed by atoms with van der Waals surface area (Å²) in [7, 11) is 0. The van der Waals surface area contributed by atoms with E-state index in [2.05, 4.69) is 13.0 Å². The zero-order valence-electron chi connectivity index (χ0n) is 12.2. The van der Waals surface area contributed by atoms with E-state index in [1.54, 1.807) is 4.90 Å². The number of amides is 2. The van der Waals surface area contributed by atoms with Crippen LogP contribution in [0.4, 0.5) is 10.5 Å². The van der Waals surface area contributed by atoms with Gasteiger partial charge in [-0.3, -0.25) is 9.69 Å². The van der Waals surface area contributed by atoms with E-state index in [0.717, 1.165) is 18.5 Å². The molecule has 1 N–H and O–H groups in total. The summed E-state index contributed by atoms with van der Waals surface area (Å²) in [5, 5.41) is 9.06. The third-order valence-electron chi connectivity index (χ3n) is 4.39. The smallest absolute Gasteiger partial charge is 0.324 e. The monoisotopic (exact) mass is 288 g/mol. The third kappa shape index (κ3) is 2.60. The molecule has 2 heterocycles. The first-order chi connectivity index (χ1) is 10.1. The molecular weight excluding hydrogens is 268 g/mol. The van der Waals surface area contributed by atoms with Gasteiger partial charge in [-0.05, 0) is 37.8 Å². The highest BCUT2D eigenvalue weighted by Crippen LogP contribution is 2.30. The number of benzene rings is 1. The fourth-order valence-electron chi connectivity index (χ4n) is 3.23. The summed E-state index contributed by atoms with van der Waals surface area (Å²) in [5.74, 6) is -1.23. The summed E-state index contributed by atoms with van der Waals surface area (Å²) in [4.78, 5) is 27.2. The first-order valence-corrected chi connectivity index (χ1v) is 7.45. The van der Waals surface area contributed by atoms with Crippen LogP contribution in [0.2, 0.25) is 0 Å². The van der Waals surface area contributed by atoms with Crippen molar-refractivity contribution in [2.75, 3.05) is 24.5 Å². The number of aryl methyl sites for hydroxylation is 2. The van der Waals surface area contributed by atoms with Gasteiger partial charge in [0.25, 0.3) is 0 Å². The molecule has 0 radical (unpaired) electrons. The van der Waals surface area contributed by atoms with Gasteiger partial charge in [0, 0.05) is 25.3 Å². The lowest BCUT2D eigenvalue weighted by Gasteiger charge is -2.33. The van der Waals surface area contributed by atoms with E-state index in [1.807, 2.05) is 17.0 Å². The number of rotatable bonds is 1. The van der Waals surface area contributed by atoms with E-state index in [9.17, 15) is 9.59 Å². The molecule has 1 fully saturated rings. The molecule has 5 nitrogen and oxygen atoms in total. The molecule has 112 valence electrons.